The van der Waals surface area contributed by atoms with E-state index in [1.807, 2.05) is 31.3 Å². The lowest BCUT2D eigenvalue weighted by molar-refractivity contribution is -0.139. The Kier molecular flexibility index (Phi) is 7.79. The number of benzene rings is 2. The Bertz CT molecular complexity index is 1370. The van der Waals surface area contributed by atoms with Gasteiger partial charge >= 0.3 is 6.18 Å². The lowest BCUT2D eigenvalue weighted by Crippen LogP contribution is -2.43. The van der Waals surface area contributed by atoms with Crippen molar-refractivity contribution in [2.75, 3.05) is 32.6 Å². The zero-order valence-electron chi connectivity index (χ0n) is 22.0. The van der Waals surface area contributed by atoms with E-state index in [1.54, 1.807) is 0 Å². The Morgan fingerprint density at radius 3 is 2.40 bits per heavy atom. The van der Waals surface area contributed by atoms with Gasteiger partial charge in [-0.25, -0.2) is 9.37 Å². The van der Waals surface area contributed by atoms with Gasteiger partial charge in [-0.1, -0.05) is 24.3 Å². The second kappa shape index (κ2) is 11.3. The number of hydrogen-bond donors (Lipinski definition) is 2. The third kappa shape index (κ3) is 6.11. The topological polar surface area (TPSA) is 88.6 Å². The zero-order valence-corrected chi connectivity index (χ0v) is 22.0. The molecular weight excluding hydrogens is 530 g/mol. The first-order chi connectivity index (χ1) is 19.1. The molecule has 0 saturated carbocycles. The average molecular weight is 560 g/mol. The van der Waals surface area contributed by atoms with Crippen molar-refractivity contribution in [1.29, 1.82) is 0 Å². The average Bonchev–Trinajstić information content (AvgIpc) is 3.32. The zero-order chi connectivity index (χ0) is 28.4. The van der Waals surface area contributed by atoms with Crippen LogP contribution in [0.5, 0.6) is 11.6 Å². The summed E-state index contributed by atoms with van der Waals surface area (Å²) in [6.45, 7) is 1.65. The predicted octanol–water partition coefficient (Wildman–Crippen LogP) is 4.76. The number of carbonyl (C=O) groups is 1. The molecule has 212 valence electrons. The molecule has 1 aliphatic carbocycles. The fraction of sp³-hybridized carbons (Fsp3) is 0.393. The van der Waals surface area contributed by atoms with Gasteiger partial charge in [0, 0.05) is 31.1 Å². The van der Waals surface area contributed by atoms with Crippen LogP contribution in [0.2, 0.25) is 0 Å². The van der Waals surface area contributed by atoms with E-state index in [0.29, 0.717) is 19.0 Å². The third-order valence-corrected chi connectivity index (χ3v) is 7.19. The molecule has 0 atom stereocenters. The van der Waals surface area contributed by atoms with Crippen LogP contribution < -0.4 is 20.1 Å². The molecule has 2 heterocycles. The molecule has 2 aromatic carbocycles. The number of carbonyl (C=O) groups excluding carboxylic acids is 1. The fourth-order valence-electron chi connectivity index (χ4n) is 5.00. The molecule has 3 aromatic rings. The molecule has 1 aliphatic heterocycles. The number of rotatable bonds is 7. The van der Waals surface area contributed by atoms with Crippen molar-refractivity contribution in [3.63, 3.8) is 0 Å². The van der Waals surface area contributed by atoms with Crippen LogP contribution in [0.4, 0.5) is 29.2 Å². The lowest BCUT2D eigenvalue weighted by Gasteiger charge is -2.29. The van der Waals surface area contributed by atoms with Gasteiger partial charge in [0.15, 0.2) is 0 Å². The second-order valence-electron chi connectivity index (χ2n) is 10.0. The summed E-state index contributed by atoms with van der Waals surface area (Å²) >= 11 is 0. The van der Waals surface area contributed by atoms with E-state index in [0.717, 1.165) is 43.1 Å². The van der Waals surface area contributed by atoms with E-state index in [4.69, 9.17) is 9.47 Å². The first kappa shape index (κ1) is 27.6. The molecule has 5 rings (SSSR count). The maximum Gasteiger partial charge on any atom is 0.423 e. The number of nitrogens with one attached hydrogen (secondary N) is 2. The van der Waals surface area contributed by atoms with Crippen LogP contribution in [-0.2, 0) is 19.0 Å². The van der Waals surface area contributed by atoms with E-state index in [2.05, 4.69) is 25.5 Å². The van der Waals surface area contributed by atoms with Gasteiger partial charge in [0.05, 0.1) is 18.4 Å². The molecule has 2 N–H and O–H groups in total. The number of aromatic nitrogens is 2. The van der Waals surface area contributed by atoms with Crippen LogP contribution in [-0.4, -0.2) is 60.2 Å². The van der Waals surface area contributed by atoms with Crippen molar-refractivity contribution in [2.45, 2.75) is 44.0 Å². The SMILES string of the molecule is COc1cc(C(=O)NC2CCN(C)CC2)c(F)cc1Nc1ncc(C(F)(F)F)c(OC2Cc3ccccc3C2)n1. The Labute approximate surface area is 228 Å². The van der Waals surface area contributed by atoms with Gasteiger partial charge in [0.25, 0.3) is 5.91 Å². The fourth-order valence-corrected chi connectivity index (χ4v) is 5.00. The van der Waals surface area contributed by atoms with Crippen molar-refractivity contribution in [1.82, 2.24) is 20.2 Å². The Morgan fingerprint density at radius 1 is 1.10 bits per heavy atom. The number of fused-ring (bicyclic) bond motifs is 1. The van der Waals surface area contributed by atoms with Gasteiger partial charge in [-0.05, 0) is 50.2 Å². The van der Waals surface area contributed by atoms with Gasteiger partial charge < -0.3 is 25.0 Å². The highest BCUT2D eigenvalue weighted by Crippen LogP contribution is 2.38. The highest BCUT2D eigenvalue weighted by Gasteiger charge is 2.37. The number of ether oxygens (including phenoxy) is 2. The van der Waals surface area contributed by atoms with Crippen LogP contribution in [0, 0.1) is 5.82 Å². The van der Waals surface area contributed by atoms with Crippen molar-refractivity contribution < 1.29 is 31.8 Å². The summed E-state index contributed by atoms with van der Waals surface area (Å²) in [5, 5.41) is 5.56. The van der Waals surface area contributed by atoms with E-state index in [9.17, 15) is 18.0 Å². The van der Waals surface area contributed by atoms with Crippen LogP contribution in [0.25, 0.3) is 0 Å². The highest BCUT2D eigenvalue weighted by molar-refractivity contribution is 5.96. The minimum absolute atomic E-state index is 0.0369. The largest absolute Gasteiger partial charge is 0.495 e. The molecule has 0 bridgehead atoms. The summed E-state index contributed by atoms with van der Waals surface area (Å²) in [6, 6.07) is 9.75. The molecule has 1 saturated heterocycles. The Balaban J connectivity index is 1.36. The summed E-state index contributed by atoms with van der Waals surface area (Å²) in [7, 11) is 3.33. The van der Waals surface area contributed by atoms with Crippen molar-refractivity contribution >= 4 is 17.5 Å². The van der Waals surface area contributed by atoms with E-state index in [-0.39, 0.29) is 29.0 Å². The molecule has 12 heteroatoms. The van der Waals surface area contributed by atoms with E-state index in [1.165, 1.54) is 13.2 Å². The van der Waals surface area contributed by atoms with Crippen molar-refractivity contribution in [2.24, 2.45) is 0 Å². The molecular formula is C28H29F4N5O3. The Morgan fingerprint density at radius 2 is 1.77 bits per heavy atom. The maximum absolute atomic E-state index is 15.1. The van der Waals surface area contributed by atoms with Crippen LogP contribution in [0.1, 0.15) is 39.9 Å². The third-order valence-electron chi connectivity index (χ3n) is 7.19. The van der Waals surface area contributed by atoms with Crippen LogP contribution in [0.3, 0.4) is 0 Å². The summed E-state index contributed by atoms with van der Waals surface area (Å²) in [5.41, 5.74) is 0.727. The first-order valence-electron chi connectivity index (χ1n) is 12.9. The van der Waals surface area contributed by atoms with Gasteiger partial charge in [0.1, 0.15) is 23.2 Å². The molecule has 2 aliphatic rings. The number of alkyl halides is 3. The van der Waals surface area contributed by atoms with Gasteiger partial charge in [-0.3, -0.25) is 4.79 Å². The minimum atomic E-state index is -4.74. The monoisotopic (exact) mass is 559 g/mol. The van der Waals surface area contributed by atoms with Crippen molar-refractivity contribution in [3.05, 3.63) is 70.7 Å². The maximum atomic E-state index is 15.1. The number of anilines is 2. The summed E-state index contributed by atoms with van der Waals surface area (Å²) in [5.74, 6) is -2.19. The molecule has 8 nitrogen and oxygen atoms in total. The van der Waals surface area contributed by atoms with Crippen LogP contribution >= 0.6 is 0 Å². The number of methoxy groups -OCH3 is 1. The first-order valence-corrected chi connectivity index (χ1v) is 12.9. The smallest absolute Gasteiger partial charge is 0.423 e. The number of nitrogens with zero attached hydrogens (tertiary/aromatic N) is 3. The van der Waals surface area contributed by atoms with Gasteiger partial charge in [-0.15, -0.1) is 0 Å². The molecule has 1 fully saturated rings. The van der Waals surface area contributed by atoms with Crippen molar-refractivity contribution in [3.8, 4) is 11.6 Å². The second-order valence-corrected chi connectivity index (χ2v) is 10.0. The molecule has 1 amide bonds. The van der Waals surface area contributed by atoms with Gasteiger partial charge in [-0.2, -0.15) is 18.2 Å². The number of hydrogen-bond acceptors (Lipinski definition) is 7. The normalized spacial score (nSPS) is 16.4. The standard InChI is InChI=1S/C28H29F4N5O3/c1-37-9-7-18(8-10-37)34-25(38)20-13-24(39-2)23(14-22(20)29)35-27-33-15-21(28(30,31)32)26(36-27)40-19-11-16-5-3-4-6-17(16)12-19/h3-6,13-15,18-19H,7-12H2,1-2H3,(H,34,38)(H,33,35,36). The van der Waals surface area contributed by atoms with Crippen LogP contribution in [0.15, 0.2) is 42.6 Å². The quantitative estimate of drug-likeness (QED) is 0.404. The number of piperidine rings is 1. The number of likely N-dealkylation sites (tertiary alicyclic amines) is 1. The summed E-state index contributed by atoms with van der Waals surface area (Å²) in [4.78, 5) is 22.7. The van der Waals surface area contributed by atoms with E-state index < -0.39 is 35.4 Å². The molecule has 0 unspecified atom stereocenters. The highest BCUT2D eigenvalue weighted by atomic mass is 19.4. The molecule has 0 spiro atoms. The summed E-state index contributed by atoms with van der Waals surface area (Å²) in [6.07, 6.45) is -2.26. The predicted molar refractivity (Wildman–Crippen MR) is 140 cm³/mol. The Hall–Kier alpha value is -3.93. The summed E-state index contributed by atoms with van der Waals surface area (Å²) < 4.78 is 67.3. The number of halogens is 4. The van der Waals surface area contributed by atoms with E-state index >= 15 is 4.39 Å². The molecule has 0 radical (unpaired) electrons. The lowest BCUT2D eigenvalue weighted by atomic mass is 10.0. The molecule has 1 aromatic heterocycles. The van der Waals surface area contributed by atoms with Gasteiger partial charge in [0.2, 0.25) is 11.8 Å². The number of amides is 1. The minimum Gasteiger partial charge on any atom is -0.495 e. The molecule has 40 heavy (non-hydrogen) atoms.